The zero-order valence-corrected chi connectivity index (χ0v) is 17.5. The number of nitrogens with one attached hydrogen (secondary N) is 1. The fourth-order valence-corrected chi connectivity index (χ4v) is 5.75. The average Bonchev–Trinajstić information content (AvgIpc) is 2.80. The molecule has 0 aliphatic carbocycles. The normalized spacial score (nSPS) is 22.3. The summed E-state index contributed by atoms with van der Waals surface area (Å²) < 4.78 is 2.07. The first-order chi connectivity index (χ1) is 15.2. The Kier molecular flexibility index (Phi) is 4.46. The van der Waals surface area contributed by atoms with Gasteiger partial charge in [-0.15, -0.1) is 0 Å². The summed E-state index contributed by atoms with van der Waals surface area (Å²) in [5.41, 5.74) is 6.16. The van der Waals surface area contributed by atoms with E-state index in [1.807, 2.05) is 24.4 Å². The summed E-state index contributed by atoms with van der Waals surface area (Å²) in [5, 5.41) is 1.21. The average molecular weight is 409 g/mol. The third kappa shape index (κ3) is 3.37. The molecule has 0 saturated carbocycles. The van der Waals surface area contributed by atoms with Gasteiger partial charge >= 0.3 is 0 Å². The molecule has 1 unspecified atom stereocenters. The van der Waals surface area contributed by atoms with Crippen molar-refractivity contribution in [2.24, 2.45) is 5.92 Å². The summed E-state index contributed by atoms with van der Waals surface area (Å²) >= 11 is 0. The zero-order chi connectivity index (χ0) is 20.8. The summed E-state index contributed by atoms with van der Waals surface area (Å²) in [6.45, 7) is 4.00. The predicted octanol–water partition coefficient (Wildman–Crippen LogP) is 3.27. The van der Waals surface area contributed by atoms with Crippen LogP contribution in [0.1, 0.15) is 23.6 Å². The molecule has 4 nitrogen and oxygen atoms in total. The molecule has 2 aliphatic rings. The van der Waals surface area contributed by atoms with Crippen molar-refractivity contribution in [3.8, 4) is 11.1 Å². The summed E-state index contributed by atoms with van der Waals surface area (Å²) in [7, 11) is 0. The highest BCUT2D eigenvalue weighted by Crippen LogP contribution is 2.36. The Morgan fingerprint density at radius 1 is 0.968 bits per heavy atom. The molecule has 0 spiro atoms. The SMILES string of the molecule is O=c1ccc(-c2ccccc2)c2n1C[C@H]1C[C@@H]2C[NH+](Cc2cnc3ccccc3c2)C1. The first kappa shape index (κ1) is 18.5. The number of pyridine rings is 2. The topological polar surface area (TPSA) is 39.3 Å². The van der Waals surface area contributed by atoms with E-state index in [1.54, 1.807) is 11.0 Å². The van der Waals surface area contributed by atoms with Gasteiger partial charge < -0.3 is 9.47 Å². The van der Waals surface area contributed by atoms with Crippen LogP contribution >= 0.6 is 0 Å². The number of para-hydroxylation sites is 1. The van der Waals surface area contributed by atoms with E-state index >= 15 is 0 Å². The minimum Gasteiger partial charge on any atom is -0.330 e. The van der Waals surface area contributed by atoms with Crippen molar-refractivity contribution in [2.45, 2.75) is 25.4 Å². The molecule has 1 fully saturated rings. The van der Waals surface area contributed by atoms with Crippen molar-refractivity contribution >= 4 is 10.9 Å². The second-order valence-electron chi connectivity index (χ2n) is 9.12. The van der Waals surface area contributed by atoms with Crippen molar-refractivity contribution in [3.05, 3.63) is 101 Å². The van der Waals surface area contributed by atoms with Crippen molar-refractivity contribution in [1.29, 1.82) is 0 Å². The van der Waals surface area contributed by atoms with E-state index in [0.717, 1.165) is 31.7 Å². The molecule has 31 heavy (non-hydrogen) atoms. The fourth-order valence-electron chi connectivity index (χ4n) is 5.75. The van der Waals surface area contributed by atoms with E-state index in [1.165, 1.54) is 34.2 Å². The van der Waals surface area contributed by atoms with Crippen LogP contribution in [-0.2, 0) is 13.1 Å². The quantitative estimate of drug-likeness (QED) is 0.565. The monoisotopic (exact) mass is 408 g/mol. The molecule has 1 saturated heterocycles. The van der Waals surface area contributed by atoms with E-state index in [2.05, 4.69) is 58.1 Å². The van der Waals surface area contributed by atoms with Gasteiger partial charge in [-0.05, 0) is 30.2 Å². The molecule has 154 valence electrons. The maximum Gasteiger partial charge on any atom is 0.250 e. The molecule has 1 N–H and O–H groups in total. The lowest BCUT2D eigenvalue weighted by molar-refractivity contribution is -0.924. The number of nitrogens with zero attached hydrogens (tertiary/aromatic N) is 2. The second kappa shape index (κ2) is 7.47. The highest BCUT2D eigenvalue weighted by Gasteiger charge is 2.38. The molecule has 0 radical (unpaired) electrons. The lowest BCUT2D eigenvalue weighted by Gasteiger charge is -2.41. The van der Waals surface area contributed by atoms with Crippen LogP contribution in [0.4, 0.5) is 0 Å². The summed E-state index contributed by atoms with van der Waals surface area (Å²) in [5.74, 6) is 0.971. The minimum atomic E-state index is 0.145. The Hall–Kier alpha value is -3.24. The van der Waals surface area contributed by atoms with Crippen LogP contribution in [0.2, 0.25) is 0 Å². The number of aromatic nitrogens is 2. The number of piperidine rings is 1. The Balaban J connectivity index is 1.33. The molecule has 4 heterocycles. The van der Waals surface area contributed by atoms with E-state index in [-0.39, 0.29) is 5.56 Å². The third-order valence-electron chi connectivity index (χ3n) is 6.97. The summed E-state index contributed by atoms with van der Waals surface area (Å²) in [6.07, 6.45) is 3.22. The van der Waals surface area contributed by atoms with Gasteiger partial charge in [-0.25, -0.2) is 0 Å². The van der Waals surface area contributed by atoms with Crippen molar-refractivity contribution < 1.29 is 4.90 Å². The van der Waals surface area contributed by atoms with Crippen LogP contribution in [-0.4, -0.2) is 22.6 Å². The highest BCUT2D eigenvalue weighted by molar-refractivity contribution is 5.78. The van der Waals surface area contributed by atoms with Crippen LogP contribution in [0.15, 0.2) is 83.8 Å². The molecule has 4 aromatic rings. The molecule has 4 heteroatoms. The minimum absolute atomic E-state index is 0.145. The van der Waals surface area contributed by atoms with E-state index in [9.17, 15) is 4.79 Å². The third-order valence-corrected chi connectivity index (χ3v) is 6.97. The van der Waals surface area contributed by atoms with Crippen molar-refractivity contribution in [1.82, 2.24) is 9.55 Å². The maximum absolute atomic E-state index is 12.7. The molecular weight excluding hydrogens is 382 g/mol. The number of hydrogen-bond acceptors (Lipinski definition) is 2. The van der Waals surface area contributed by atoms with Gasteiger partial charge in [0.25, 0.3) is 5.56 Å². The number of hydrogen-bond donors (Lipinski definition) is 1. The second-order valence-corrected chi connectivity index (χ2v) is 9.12. The maximum atomic E-state index is 12.7. The molecule has 2 aliphatic heterocycles. The summed E-state index contributed by atoms with van der Waals surface area (Å²) in [4.78, 5) is 19.0. The van der Waals surface area contributed by atoms with Gasteiger partial charge in [-0.3, -0.25) is 9.78 Å². The van der Waals surface area contributed by atoms with Crippen LogP contribution in [0.25, 0.3) is 22.0 Å². The largest absolute Gasteiger partial charge is 0.330 e. The van der Waals surface area contributed by atoms with Gasteiger partial charge in [0, 0.05) is 52.9 Å². The highest BCUT2D eigenvalue weighted by atomic mass is 16.1. The van der Waals surface area contributed by atoms with Gasteiger partial charge in [0.15, 0.2) is 0 Å². The van der Waals surface area contributed by atoms with E-state index in [4.69, 9.17) is 0 Å². The van der Waals surface area contributed by atoms with Crippen LogP contribution in [0.5, 0.6) is 0 Å². The van der Waals surface area contributed by atoms with Crippen LogP contribution in [0, 0.1) is 5.92 Å². The van der Waals surface area contributed by atoms with Gasteiger partial charge in [0.1, 0.15) is 6.54 Å². The van der Waals surface area contributed by atoms with E-state index < -0.39 is 0 Å². The number of likely N-dealkylation sites (tertiary alicyclic amines) is 1. The summed E-state index contributed by atoms with van der Waals surface area (Å²) in [6, 6.07) is 24.9. The molecule has 3 atom stereocenters. The van der Waals surface area contributed by atoms with Crippen molar-refractivity contribution in [2.75, 3.05) is 13.1 Å². The standard InChI is InChI=1S/C27H25N3O/c31-26-11-10-24(21-6-2-1-3-7-21)27-23-13-20(17-30(26)27)16-29(18-23)15-19-12-22-8-4-5-9-25(22)28-14-19/h1-12,14,20,23H,13,15-18H2/p+1/t20-,23+/m0/s1. The fraction of sp³-hybridized carbons (Fsp3) is 0.259. The number of rotatable bonds is 3. The van der Waals surface area contributed by atoms with Crippen molar-refractivity contribution in [3.63, 3.8) is 0 Å². The molecule has 6 rings (SSSR count). The first-order valence-electron chi connectivity index (χ1n) is 11.2. The Bertz CT molecular complexity index is 1310. The van der Waals surface area contributed by atoms with Crippen LogP contribution < -0.4 is 10.5 Å². The Labute approximate surface area is 181 Å². The first-order valence-corrected chi connectivity index (χ1v) is 11.2. The Morgan fingerprint density at radius 3 is 2.71 bits per heavy atom. The molecule has 2 aromatic carbocycles. The number of quaternary nitrogens is 1. The zero-order valence-electron chi connectivity index (χ0n) is 17.5. The van der Waals surface area contributed by atoms with Gasteiger partial charge in [0.05, 0.1) is 18.6 Å². The lowest BCUT2D eigenvalue weighted by atomic mass is 9.80. The number of benzene rings is 2. The van der Waals surface area contributed by atoms with Gasteiger partial charge in [-0.2, -0.15) is 0 Å². The smallest absolute Gasteiger partial charge is 0.250 e. The van der Waals surface area contributed by atoms with Gasteiger partial charge in [-0.1, -0.05) is 48.5 Å². The number of fused-ring (bicyclic) bond motifs is 5. The predicted molar refractivity (Wildman–Crippen MR) is 123 cm³/mol. The van der Waals surface area contributed by atoms with Gasteiger partial charge in [0.2, 0.25) is 0 Å². The Morgan fingerprint density at radius 2 is 1.81 bits per heavy atom. The molecule has 0 amide bonds. The molecule has 2 aromatic heterocycles. The molecular formula is C27H26N3O+. The molecule has 2 bridgehead atoms. The van der Waals surface area contributed by atoms with E-state index in [0.29, 0.717) is 11.8 Å². The lowest BCUT2D eigenvalue weighted by Crippen LogP contribution is -3.13. The van der Waals surface area contributed by atoms with Crippen LogP contribution in [0.3, 0.4) is 0 Å².